The van der Waals surface area contributed by atoms with Gasteiger partial charge in [0.15, 0.2) is 0 Å². The molecule has 0 atom stereocenters. The molecule has 0 aromatic heterocycles. The molecule has 0 bridgehead atoms. The molecule has 0 saturated carbocycles. The fourth-order valence-corrected chi connectivity index (χ4v) is 3.08. The van der Waals surface area contributed by atoms with Crippen LogP contribution in [0.4, 0.5) is 4.39 Å². The summed E-state index contributed by atoms with van der Waals surface area (Å²) in [6.45, 7) is -0.0543. The van der Waals surface area contributed by atoms with Crippen LogP contribution >= 0.6 is 0 Å². The van der Waals surface area contributed by atoms with Crippen LogP contribution in [-0.2, 0) is 23.2 Å². The van der Waals surface area contributed by atoms with Crippen molar-refractivity contribution in [1.29, 1.82) is 0 Å². The lowest BCUT2D eigenvalue weighted by Crippen LogP contribution is -2.26. The number of halogens is 1. The lowest BCUT2D eigenvalue weighted by molar-refractivity contribution is 0.281. The second-order valence-electron chi connectivity index (χ2n) is 4.69. The number of aliphatic hydroxyl groups is 1. The van der Waals surface area contributed by atoms with Gasteiger partial charge in [-0.3, -0.25) is 0 Å². The summed E-state index contributed by atoms with van der Waals surface area (Å²) < 4.78 is 39.1. The third-order valence-electron chi connectivity index (χ3n) is 3.11. The van der Waals surface area contributed by atoms with Crippen LogP contribution < -0.4 is 0 Å². The molecule has 6 heteroatoms. The maximum atomic E-state index is 13.1. The van der Waals surface area contributed by atoms with Gasteiger partial charge in [-0.2, -0.15) is 4.31 Å². The highest BCUT2D eigenvalue weighted by Crippen LogP contribution is 2.18. The fourth-order valence-electron chi connectivity index (χ4n) is 1.92. The molecule has 21 heavy (non-hydrogen) atoms. The van der Waals surface area contributed by atoms with E-state index >= 15 is 0 Å². The van der Waals surface area contributed by atoms with E-state index in [9.17, 15) is 12.8 Å². The van der Waals surface area contributed by atoms with Crippen LogP contribution in [-0.4, -0.2) is 24.9 Å². The highest BCUT2D eigenvalue weighted by Gasteiger charge is 2.20. The van der Waals surface area contributed by atoms with Gasteiger partial charge in [0, 0.05) is 13.6 Å². The fraction of sp³-hybridized carbons (Fsp3) is 0.200. The lowest BCUT2D eigenvalue weighted by Gasteiger charge is -2.17. The average molecular weight is 309 g/mol. The van der Waals surface area contributed by atoms with Gasteiger partial charge in [0.1, 0.15) is 5.82 Å². The molecule has 0 heterocycles. The summed E-state index contributed by atoms with van der Waals surface area (Å²) in [7, 11) is -2.20. The van der Waals surface area contributed by atoms with Crippen molar-refractivity contribution in [2.24, 2.45) is 0 Å². The minimum Gasteiger partial charge on any atom is -0.392 e. The van der Waals surface area contributed by atoms with Crippen LogP contribution in [0.1, 0.15) is 11.1 Å². The van der Waals surface area contributed by atoms with Gasteiger partial charge in [0.05, 0.1) is 11.5 Å². The topological polar surface area (TPSA) is 57.6 Å². The molecule has 0 aliphatic heterocycles. The summed E-state index contributed by atoms with van der Waals surface area (Å²) in [5.41, 5.74) is 1.22. The van der Waals surface area contributed by atoms with E-state index in [4.69, 9.17) is 5.11 Å². The summed E-state index contributed by atoms with van der Waals surface area (Å²) in [5.74, 6) is -0.398. The molecule has 0 saturated heterocycles. The van der Waals surface area contributed by atoms with E-state index in [1.807, 2.05) is 0 Å². The molecule has 112 valence electrons. The first-order chi connectivity index (χ1) is 9.93. The molecule has 0 amide bonds. The Balaban J connectivity index is 2.21. The van der Waals surface area contributed by atoms with E-state index in [-0.39, 0.29) is 18.0 Å². The largest absolute Gasteiger partial charge is 0.392 e. The molecule has 2 rings (SSSR count). The molecule has 2 aromatic carbocycles. The summed E-state index contributed by atoms with van der Waals surface area (Å²) in [4.78, 5) is 0.138. The van der Waals surface area contributed by atoms with Gasteiger partial charge < -0.3 is 5.11 Å². The molecule has 0 unspecified atom stereocenters. The van der Waals surface area contributed by atoms with Gasteiger partial charge in [0.25, 0.3) is 0 Å². The number of aliphatic hydroxyl groups excluding tert-OH is 1. The predicted octanol–water partition coefficient (Wildman–Crippen LogP) is 2.14. The molecular formula is C15H16FNO3S. The zero-order valence-corrected chi connectivity index (χ0v) is 12.3. The third kappa shape index (κ3) is 3.66. The SMILES string of the molecule is CN(Cc1cccc(F)c1)S(=O)(=O)c1ccc(CO)cc1. The van der Waals surface area contributed by atoms with Gasteiger partial charge in [0.2, 0.25) is 10.0 Å². The Bertz CT molecular complexity index is 714. The number of rotatable bonds is 5. The quantitative estimate of drug-likeness (QED) is 0.920. The predicted molar refractivity (Wildman–Crippen MR) is 77.4 cm³/mol. The van der Waals surface area contributed by atoms with Gasteiger partial charge in [-0.25, -0.2) is 12.8 Å². The third-order valence-corrected chi connectivity index (χ3v) is 4.93. The lowest BCUT2D eigenvalue weighted by atomic mass is 10.2. The van der Waals surface area contributed by atoms with Crippen molar-refractivity contribution in [2.45, 2.75) is 18.0 Å². The van der Waals surface area contributed by atoms with Crippen LogP contribution in [0, 0.1) is 5.82 Å². The molecular weight excluding hydrogens is 293 g/mol. The van der Waals surface area contributed by atoms with Crippen molar-refractivity contribution in [3.05, 3.63) is 65.5 Å². The van der Waals surface area contributed by atoms with E-state index < -0.39 is 15.8 Å². The van der Waals surface area contributed by atoms with E-state index in [1.165, 1.54) is 31.3 Å². The van der Waals surface area contributed by atoms with E-state index in [0.29, 0.717) is 11.1 Å². The second kappa shape index (κ2) is 6.34. The van der Waals surface area contributed by atoms with Crippen LogP contribution in [0.5, 0.6) is 0 Å². The second-order valence-corrected chi connectivity index (χ2v) is 6.74. The first kappa shape index (κ1) is 15.6. The average Bonchev–Trinajstić information content (AvgIpc) is 2.47. The van der Waals surface area contributed by atoms with Crippen LogP contribution in [0.3, 0.4) is 0 Å². The summed E-state index contributed by atoms with van der Waals surface area (Å²) in [6.07, 6.45) is 0. The minimum atomic E-state index is -3.65. The summed E-state index contributed by atoms with van der Waals surface area (Å²) in [6, 6.07) is 11.8. The molecule has 0 aliphatic carbocycles. The number of hydrogen-bond donors (Lipinski definition) is 1. The first-order valence-electron chi connectivity index (χ1n) is 6.34. The maximum Gasteiger partial charge on any atom is 0.243 e. The van der Waals surface area contributed by atoms with Gasteiger partial charge in [-0.05, 0) is 35.4 Å². The van der Waals surface area contributed by atoms with Crippen molar-refractivity contribution >= 4 is 10.0 Å². The maximum absolute atomic E-state index is 13.1. The normalized spacial score (nSPS) is 11.8. The molecule has 0 spiro atoms. The van der Waals surface area contributed by atoms with Crippen LogP contribution in [0.2, 0.25) is 0 Å². The van der Waals surface area contributed by atoms with Crippen molar-refractivity contribution in [3.8, 4) is 0 Å². The number of benzene rings is 2. The Labute approximate surface area is 123 Å². The molecule has 1 N–H and O–H groups in total. The van der Waals surface area contributed by atoms with Crippen molar-refractivity contribution in [1.82, 2.24) is 4.31 Å². The number of sulfonamides is 1. The summed E-state index contributed by atoms with van der Waals surface area (Å²) >= 11 is 0. The Morgan fingerprint density at radius 2 is 1.76 bits per heavy atom. The molecule has 0 aliphatic rings. The number of hydrogen-bond acceptors (Lipinski definition) is 3. The monoisotopic (exact) mass is 309 g/mol. The Kier molecular flexibility index (Phi) is 4.72. The van der Waals surface area contributed by atoms with Gasteiger partial charge in [-0.15, -0.1) is 0 Å². The van der Waals surface area contributed by atoms with Gasteiger partial charge >= 0.3 is 0 Å². The standard InChI is InChI=1S/C15H16FNO3S/c1-17(10-13-3-2-4-14(16)9-13)21(19,20)15-7-5-12(11-18)6-8-15/h2-9,18H,10-11H2,1H3. The zero-order valence-electron chi connectivity index (χ0n) is 11.5. The smallest absolute Gasteiger partial charge is 0.243 e. The Morgan fingerprint density at radius 3 is 2.33 bits per heavy atom. The molecule has 0 fully saturated rings. The highest BCUT2D eigenvalue weighted by atomic mass is 32.2. The van der Waals surface area contributed by atoms with Gasteiger partial charge in [-0.1, -0.05) is 24.3 Å². The summed E-state index contributed by atoms with van der Waals surface area (Å²) in [5, 5.41) is 8.97. The highest BCUT2D eigenvalue weighted by molar-refractivity contribution is 7.89. The van der Waals surface area contributed by atoms with E-state index in [2.05, 4.69) is 0 Å². The number of nitrogens with zero attached hydrogens (tertiary/aromatic N) is 1. The molecule has 0 radical (unpaired) electrons. The van der Waals surface area contributed by atoms with E-state index in [1.54, 1.807) is 24.3 Å². The minimum absolute atomic E-state index is 0.0852. The van der Waals surface area contributed by atoms with Crippen LogP contribution in [0.25, 0.3) is 0 Å². The molecule has 4 nitrogen and oxygen atoms in total. The van der Waals surface area contributed by atoms with Crippen LogP contribution in [0.15, 0.2) is 53.4 Å². The Morgan fingerprint density at radius 1 is 1.10 bits per heavy atom. The van der Waals surface area contributed by atoms with Crippen molar-refractivity contribution in [2.75, 3.05) is 7.05 Å². The zero-order chi connectivity index (χ0) is 15.5. The van der Waals surface area contributed by atoms with Crippen molar-refractivity contribution < 1.29 is 17.9 Å². The van der Waals surface area contributed by atoms with E-state index in [0.717, 1.165) is 4.31 Å². The first-order valence-corrected chi connectivity index (χ1v) is 7.78. The van der Waals surface area contributed by atoms with Crippen molar-refractivity contribution in [3.63, 3.8) is 0 Å². The Hall–Kier alpha value is -1.76. The molecule has 2 aromatic rings.